The van der Waals surface area contributed by atoms with E-state index in [0.29, 0.717) is 16.9 Å². The van der Waals surface area contributed by atoms with Crippen molar-refractivity contribution in [3.05, 3.63) is 93.8 Å². The van der Waals surface area contributed by atoms with Gasteiger partial charge in [-0.2, -0.15) is 0 Å². The smallest absolute Gasteiger partial charge is 0.270 e. The molecule has 1 aliphatic heterocycles. The fraction of sp³-hybridized carbons (Fsp3) is 0.0455. The second-order valence-corrected chi connectivity index (χ2v) is 7.01. The van der Waals surface area contributed by atoms with Crippen LogP contribution in [0.2, 0.25) is 0 Å². The molecule has 0 aliphatic carbocycles. The molecule has 2 N–H and O–H groups in total. The molecule has 2 heterocycles. The maximum Gasteiger partial charge on any atom is 0.270 e. The third kappa shape index (κ3) is 4.42. The minimum atomic E-state index is -0.786. The number of hydrogen-bond acceptors (Lipinski definition) is 7. The third-order valence-corrected chi connectivity index (χ3v) is 4.79. The summed E-state index contributed by atoms with van der Waals surface area (Å²) in [5.41, 5.74) is 0.649. The average Bonchev–Trinajstić information content (AvgIpc) is 3.04. The Balaban J connectivity index is 1.42. The zero-order valence-corrected chi connectivity index (χ0v) is 16.8. The normalized spacial score (nSPS) is 12.3. The van der Waals surface area contributed by atoms with Gasteiger partial charge >= 0.3 is 0 Å². The van der Waals surface area contributed by atoms with Crippen LogP contribution in [0, 0.1) is 10.1 Å². The zero-order chi connectivity index (χ0) is 23.5. The predicted molar refractivity (Wildman–Crippen MR) is 116 cm³/mol. The van der Waals surface area contributed by atoms with Crippen molar-refractivity contribution in [2.45, 2.75) is 0 Å². The second-order valence-electron chi connectivity index (χ2n) is 7.01. The number of rotatable bonds is 6. The van der Waals surface area contributed by atoms with Crippen LogP contribution in [0.15, 0.2) is 67.0 Å². The summed E-state index contributed by atoms with van der Waals surface area (Å²) in [5, 5.41) is 16.2. The number of pyridine rings is 1. The Morgan fingerprint density at radius 3 is 2.36 bits per heavy atom. The van der Waals surface area contributed by atoms with Gasteiger partial charge < -0.3 is 10.6 Å². The second kappa shape index (κ2) is 8.67. The molecule has 0 saturated heterocycles. The van der Waals surface area contributed by atoms with Crippen LogP contribution >= 0.6 is 0 Å². The molecule has 0 atom stereocenters. The molecule has 0 bridgehead atoms. The molecule has 2 aromatic carbocycles. The van der Waals surface area contributed by atoms with Gasteiger partial charge in [-0.15, -0.1) is 0 Å². The quantitative estimate of drug-likeness (QED) is 0.336. The van der Waals surface area contributed by atoms with Gasteiger partial charge in [-0.1, -0.05) is 6.07 Å². The van der Waals surface area contributed by atoms with Crippen molar-refractivity contribution in [3.8, 4) is 0 Å². The highest BCUT2D eigenvalue weighted by molar-refractivity contribution is 6.23. The van der Waals surface area contributed by atoms with Gasteiger partial charge in [0, 0.05) is 35.9 Å². The van der Waals surface area contributed by atoms with Crippen LogP contribution in [0.1, 0.15) is 31.1 Å². The van der Waals surface area contributed by atoms with E-state index >= 15 is 0 Å². The van der Waals surface area contributed by atoms with Crippen molar-refractivity contribution in [2.75, 3.05) is 17.2 Å². The van der Waals surface area contributed by atoms with E-state index < -0.39 is 29.2 Å². The highest BCUT2D eigenvalue weighted by Crippen LogP contribution is 2.26. The molecule has 1 aromatic heterocycles. The van der Waals surface area contributed by atoms with Crippen molar-refractivity contribution in [1.82, 2.24) is 9.88 Å². The fourth-order valence-corrected chi connectivity index (χ4v) is 3.26. The van der Waals surface area contributed by atoms with E-state index in [1.165, 1.54) is 18.3 Å². The van der Waals surface area contributed by atoms with Gasteiger partial charge in [0.2, 0.25) is 5.91 Å². The number of non-ortho nitro benzene ring substituents is 1. The molecule has 164 valence electrons. The standard InChI is InChI=1S/C22H15N5O6/c28-19(12-26-21(30)17-7-6-16(27(32)33)10-18(17)22(26)31)24-14-4-1-5-15(9-14)25-20(29)13-3-2-8-23-11-13/h1-11H,12H2,(H,24,28)(H,25,29). The highest BCUT2D eigenvalue weighted by atomic mass is 16.6. The predicted octanol–water partition coefficient (Wildman–Crippen LogP) is 2.48. The van der Waals surface area contributed by atoms with Gasteiger partial charge in [0.25, 0.3) is 23.4 Å². The third-order valence-electron chi connectivity index (χ3n) is 4.79. The molecule has 0 radical (unpaired) electrons. The first-order valence-electron chi connectivity index (χ1n) is 9.59. The highest BCUT2D eigenvalue weighted by Gasteiger charge is 2.37. The lowest BCUT2D eigenvalue weighted by Gasteiger charge is -2.14. The SMILES string of the molecule is O=C(CN1C(=O)c2ccc([N+](=O)[O-])cc2C1=O)Nc1cccc(NC(=O)c2cccnc2)c1. The van der Waals surface area contributed by atoms with Crippen LogP contribution in [-0.2, 0) is 4.79 Å². The zero-order valence-electron chi connectivity index (χ0n) is 16.8. The number of anilines is 2. The van der Waals surface area contributed by atoms with Gasteiger partial charge in [0.05, 0.1) is 21.6 Å². The lowest BCUT2D eigenvalue weighted by atomic mass is 10.1. The van der Waals surface area contributed by atoms with Crippen LogP contribution in [-0.4, -0.2) is 45.0 Å². The number of imide groups is 1. The summed E-state index contributed by atoms with van der Waals surface area (Å²) < 4.78 is 0. The monoisotopic (exact) mass is 445 g/mol. The maximum absolute atomic E-state index is 12.5. The van der Waals surface area contributed by atoms with Gasteiger partial charge in [-0.05, 0) is 36.4 Å². The molecule has 1 aliphatic rings. The van der Waals surface area contributed by atoms with E-state index in [4.69, 9.17) is 0 Å². The van der Waals surface area contributed by atoms with Crippen molar-refractivity contribution in [2.24, 2.45) is 0 Å². The van der Waals surface area contributed by atoms with Gasteiger partial charge in [0.1, 0.15) is 6.54 Å². The average molecular weight is 445 g/mol. The number of aromatic nitrogens is 1. The van der Waals surface area contributed by atoms with Crippen LogP contribution in [0.3, 0.4) is 0 Å². The molecule has 33 heavy (non-hydrogen) atoms. The Morgan fingerprint density at radius 1 is 0.939 bits per heavy atom. The molecular formula is C22H15N5O6. The fourth-order valence-electron chi connectivity index (χ4n) is 3.26. The summed E-state index contributed by atoms with van der Waals surface area (Å²) in [4.78, 5) is 64.6. The molecule has 4 rings (SSSR count). The van der Waals surface area contributed by atoms with E-state index in [1.807, 2.05) is 0 Å². The van der Waals surface area contributed by atoms with Crippen molar-refractivity contribution >= 4 is 40.7 Å². The molecule has 0 saturated carbocycles. The molecule has 3 aromatic rings. The molecule has 0 spiro atoms. The molecule has 11 heteroatoms. The minimum absolute atomic E-state index is 0.00138. The lowest BCUT2D eigenvalue weighted by molar-refractivity contribution is -0.384. The number of carbonyl (C=O) groups excluding carboxylic acids is 4. The number of carbonyl (C=O) groups is 4. The summed E-state index contributed by atoms with van der Waals surface area (Å²) in [6.45, 7) is -0.577. The van der Waals surface area contributed by atoms with Crippen LogP contribution < -0.4 is 10.6 Å². The Morgan fingerprint density at radius 2 is 1.67 bits per heavy atom. The largest absolute Gasteiger partial charge is 0.324 e. The van der Waals surface area contributed by atoms with E-state index in [-0.39, 0.29) is 22.7 Å². The lowest BCUT2D eigenvalue weighted by Crippen LogP contribution is -2.37. The summed E-state index contributed by atoms with van der Waals surface area (Å²) >= 11 is 0. The molecule has 0 unspecified atom stereocenters. The van der Waals surface area contributed by atoms with Crippen molar-refractivity contribution < 1.29 is 24.1 Å². The number of nitro groups is 1. The topological polar surface area (TPSA) is 152 Å². The van der Waals surface area contributed by atoms with Gasteiger partial charge in [-0.25, -0.2) is 0 Å². The number of amides is 4. The van der Waals surface area contributed by atoms with E-state index in [9.17, 15) is 29.3 Å². The Hall–Kier alpha value is -4.93. The molecular weight excluding hydrogens is 430 g/mol. The number of nitro benzene ring substituents is 1. The van der Waals surface area contributed by atoms with Crippen LogP contribution in [0.25, 0.3) is 0 Å². The van der Waals surface area contributed by atoms with Crippen LogP contribution in [0.4, 0.5) is 17.1 Å². The number of hydrogen-bond donors (Lipinski definition) is 2. The van der Waals surface area contributed by atoms with E-state index in [1.54, 1.807) is 36.5 Å². The number of nitrogens with one attached hydrogen (secondary N) is 2. The number of fused-ring (bicyclic) bond motifs is 1. The maximum atomic E-state index is 12.5. The Labute approximate surface area is 186 Å². The molecule has 4 amide bonds. The van der Waals surface area contributed by atoms with Gasteiger partial charge in [-0.3, -0.25) is 39.2 Å². The van der Waals surface area contributed by atoms with E-state index in [0.717, 1.165) is 17.0 Å². The summed E-state index contributed by atoms with van der Waals surface area (Å²) in [7, 11) is 0. The number of nitrogens with zero attached hydrogens (tertiary/aromatic N) is 3. The first-order valence-corrected chi connectivity index (χ1v) is 9.59. The first kappa shape index (κ1) is 21.3. The summed E-state index contributed by atoms with van der Waals surface area (Å²) in [6.07, 6.45) is 2.96. The van der Waals surface area contributed by atoms with E-state index in [2.05, 4.69) is 15.6 Å². The Bertz CT molecular complexity index is 1310. The summed E-state index contributed by atoms with van der Waals surface area (Å²) in [5.74, 6) is -2.54. The number of benzene rings is 2. The van der Waals surface area contributed by atoms with Crippen molar-refractivity contribution in [3.63, 3.8) is 0 Å². The molecule has 0 fully saturated rings. The first-order chi connectivity index (χ1) is 15.8. The Kier molecular flexibility index (Phi) is 5.60. The minimum Gasteiger partial charge on any atom is -0.324 e. The molecule has 11 nitrogen and oxygen atoms in total. The summed E-state index contributed by atoms with van der Waals surface area (Å²) in [6, 6.07) is 12.9. The van der Waals surface area contributed by atoms with Crippen molar-refractivity contribution in [1.29, 1.82) is 0 Å². The van der Waals surface area contributed by atoms with Gasteiger partial charge in [0.15, 0.2) is 0 Å². The van der Waals surface area contributed by atoms with Crippen LogP contribution in [0.5, 0.6) is 0 Å².